The Morgan fingerprint density at radius 2 is 2.14 bits per heavy atom. The fourth-order valence-corrected chi connectivity index (χ4v) is 2.37. The summed E-state index contributed by atoms with van der Waals surface area (Å²) in [6.45, 7) is -0.426. The van der Waals surface area contributed by atoms with Crippen molar-refractivity contribution in [2.24, 2.45) is 0 Å². The first kappa shape index (κ1) is 15.3. The Morgan fingerprint density at radius 1 is 1.43 bits per heavy atom. The number of carbonyl (C=O) groups excluding carboxylic acids is 2. The largest absolute Gasteiger partial charge is 0.452 e. The Morgan fingerprint density at radius 3 is 2.71 bits per heavy atom. The number of halogens is 1. The molecule has 1 aliphatic rings. The molecule has 1 aromatic heterocycles. The lowest BCUT2D eigenvalue weighted by Gasteiger charge is -2.21. The number of amides is 1. The van der Waals surface area contributed by atoms with Crippen molar-refractivity contribution in [3.8, 4) is 6.07 Å². The highest BCUT2D eigenvalue weighted by atomic mass is 35.5. The van der Waals surface area contributed by atoms with Gasteiger partial charge in [0.25, 0.3) is 5.91 Å². The number of ether oxygens (including phenoxy) is 1. The lowest BCUT2D eigenvalue weighted by atomic mass is 10.00. The van der Waals surface area contributed by atoms with E-state index in [1.54, 1.807) is 0 Å². The van der Waals surface area contributed by atoms with E-state index in [-0.39, 0.29) is 10.7 Å². The summed E-state index contributed by atoms with van der Waals surface area (Å²) in [4.78, 5) is 27.2. The molecule has 1 aliphatic carbocycles. The molecule has 0 aromatic carbocycles. The number of hydrogen-bond donors (Lipinski definition) is 1. The Hall–Kier alpha value is -2.13. The standard InChI is InChI=1S/C14H14ClN3O3/c15-11-4-3-10(7-17-11)13(20)21-8-12(19)18-14(9-16)5-1-2-6-14/h3-4,7H,1-2,5-6,8H2,(H,18,19). The van der Waals surface area contributed by atoms with Gasteiger partial charge in [0.2, 0.25) is 0 Å². The number of esters is 1. The number of nitrogens with one attached hydrogen (secondary N) is 1. The van der Waals surface area contributed by atoms with Gasteiger partial charge in [-0.2, -0.15) is 5.26 Å². The van der Waals surface area contributed by atoms with E-state index in [1.807, 2.05) is 0 Å². The van der Waals surface area contributed by atoms with E-state index < -0.39 is 24.0 Å². The third-order valence-corrected chi connectivity index (χ3v) is 3.57. The second-order valence-corrected chi connectivity index (χ2v) is 5.28. The molecule has 1 fully saturated rings. The van der Waals surface area contributed by atoms with Crippen LogP contribution in [0.1, 0.15) is 36.0 Å². The van der Waals surface area contributed by atoms with Gasteiger partial charge in [-0.25, -0.2) is 9.78 Å². The molecule has 0 radical (unpaired) electrons. The number of nitrogens with zero attached hydrogens (tertiary/aromatic N) is 2. The maximum Gasteiger partial charge on any atom is 0.340 e. The second kappa shape index (κ2) is 6.55. The van der Waals surface area contributed by atoms with Crippen LogP contribution >= 0.6 is 11.6 Å². The average molecular weight is 308 g/mol. The molecule has 1 heterocycles. The number of nitriles is 1. The van der Waals surface area contributed by atoms with Crippen molar-refractivity contribution in [2.75, 3.05) is 6.61 Å². The number of aromatic nitrogens is 1. The van der Waals surface area contributed by atoms with Crippen LogP contribution in [0, 0.1) is 11.3 Å². The highest BCUT2D eigenvalue weighted by Crippen LogP contribution is 2.28. The van der Waals surface area contributed by atoms with E-state index in [1.165, 1.54) is 18.3 Å². The summed E-state index contributed by atoms with van der Waals surface area (Å²) in [5.74, 6) is -1.14. The van der Waals surface area contributed by atoms with Crippen molar-refractivity contribution in [3.63, 3.8) is 0 Å². The van der Waals surface area contributed by atoms with Gasteiger partial charge >= 0.3 is 5.97 Å². The summed E-state index contributed by atoms with van der Waals surface area (Å²) in [7, 11) is 0. The first-order chi connectivity index (χ1) is 10.0. The highest BCUT2D eigenvalue weighted by molar-refractivity contribution is 6.29. The van der Waals surface area contributed by atoms with Gasteiger partial charge in [-0.05, 0) is 37.8 Å². The van der Waals surface area contributed by atoms with Gasteiger partial charge in [-0.15, -0.1) is 0 Å². The molecule has 21 heavy (non-hydrogen) atoms. The second-order valence-electron chi connectivity index (χ2n) is 4.89. The Labute approximate surface area is 127 Å². The fourth-order valence-electron chi connectivity index (χ4n) is 2.26. The smallest absolute Gasteiger partial charge is 0.340 e. The predicted octanol–water partition coefficient (Wildman–Crippen LogP) is 1.84. The molecular weight excluding hydrogens is 294 g/mol. The lowest BCUT2D eigenvalue weighted by molar-refractivity contribution is -0.125. The van der Waals surface area contributed by atoms with Crippen LogP contribution in [0.4, 0.5) is 0 Å². The molecule has 0 saturated heterocycles. The summed E-state index contributed by atoms with van der Waals surface area (Å²) < 4.78 is 4.89. The molecule has 1 amide bonds. The molecule has 0 aliphatic heterocycles. The number of carbonyl (C=O) groups is 2. The lowest BCUT2D eigenvalue weighted by Crippen LogP contribution is -2.46. The molecule has 1 N–H and O–H groups in total. The molecule has 6 nitrogen and oxygen atoms in total. The quantitative estimate of drug-likeness (QED) is 0.677. The van der Waals surface area contributed by atoms with Crippen molar-refractivity contribution < 1.29 is 14.3 Å². The molecule has 1 aromatic rings. The van der Waals surface area contributed by atoms with Crippen LogP contribution in [-0.2, 0) is 9.53 Å². The minimum Gasteiger partial charge on any atom is -0.452 e. The van der Waals surface area contributed by atoms with Gasteiger partial charge in [0.15, 0.2) is 6.61 Å². The molecule has 110 valence electrons. The van der Waals surface area contributed by atoms with Crippen molar-refractivity contribution >= 4 is 23.5 Å². The Kier molecular flexibility index (Phi) is 4.76. The van der Waals surface area contributed by atoms with Crippen LogP contribution in [0.2, 0.25) is 5.15 Å². The van der Waals surface area contributed by atoms with Gasteiger partial charge in [-0.3, -0.25) is 4.79 Å². The minimum atomic E-state index is -0.814. The van der Waals surface area contributed by atoms with Gasteiger partial charge in [0.05, 0.1) is 11.6 Å². The summed E-state index contributed by atoms with van der Waals surface area (Å²) >= 11 is 5.61. The molecule has 0 unspecified atom stereocenters. The number of rotatable bonds is 4. The molecule has 0 spiro atoms. The number of pyridine rings is 1. The summed E-state index contributed by atoms with van der Waals surface area (Å²) in [6, 6.07) is 5.06. The van der Waals surface area contributed by atoms with E-state index >= 15 is 0 Å². The molecule has 7 heteroatoms. The van der Waals surface area contributed by atoms with Gasteiger partial charge in [0, 0.05) is 6.20 Å². The van der Waals surface area contributed by atoms with Crippen molar-refractivity contribution in [1.82, 2.24) is 10.3 Å². The number of hydrogen-bond acceptors (Lipinski definition) is 5. The summed E-state index contributed by atoms with van der Waals surface area (Å²) in [5, 5.41) is 12.1. The van der Waals surface area contributed by atoms with Crippen LogP contribution < -0.4 is 5.32 Å². The summed E-state index contributed by atoms with van der Waals surface area (Å²) in [6.07, 6.45) is 4.35. The van der Waals surface area contributed by atoms with E-state index in [4.69, 9.17) is 21.6 Å². The van der Waals surface area contributed by atoms with Crippen molar-refractivity contribution in [3.05, 3.63) is 29.0 Å². The predicted molar refractivity (Wildman–Crippen MR) is 74.5 cm³/mol. The monoisotopic (exact) mass is 307 g/mol. The topological polar surface area (TPSA) is 92.1 Å². The van der Waals surface area contributed by atoms with Crippen LogP contribution in [-0.4, -0.2) is 29.0 Å². The first-order valence-corrected chi connectivity index (χ1v) is 6.93. The van der Waals surface area contributed by atoms with Crippen LogP contribution in [0.5, 0.6) is 0 Å². The average Bonchev–Trinajstić information content (AvgIpc) is 2.94. The van der Waals surface area contributed by atoms with Gasteiger partial charge < -0.3 is 10.1 Å². The van der Waals surface area contributed by atoms with E-state index in [9.17, 15) is 9.59 Å². The van der Waals surface area contributed by atoms with E-state index in [2.05, 4.69) is 16.4 Å². The van der Waals surface area contributed by atoms with Crippen molar-refractivity contribution in [2.45, 2.75) is 31.2 Å². The first-order valence-electron chi connectivity index (χ1n) is 6.56. The maximum absolute atomic E-state index is 11.8. The Bertz CT molecular complexity index is 574. The van der Waals surface area contributed by atoms with Crippen molar-refractivity contribution in [1.29, 1.82) is 5.26 Å². The third kappa shape index (κ3) is 3.92. The van der Waals surface area contributed by atoms with E-state index in [0.29, 0.717) is 12.8 Å². The third-order valence-electron chi connectivity index (χ3n) is 3.35. The Balaban J connectivity index is 1.85. The SMILES string of the molecule is N#CC1(NC(=O)COC(=O)c2ccc(Cl)nc2)CCCC1. The van der Waals surface area contributed by atoms with E-state index in [0.717, 1.165) is 12.8 Å². The normalized spacial score (nSPS) is 16.0. The highest BCUT2D eigenvalue weighted by Gasteiger charge is 2.35. The molecule has 1 saturated carbocycles. The minimum absolute atomic E-state index is 0.211. The molecular formula is C14H14ClN3O3. The zero-order valence-electron chi connectivity index (χ0n) is 11.3. The maximum atomic E-state index is 11.8. The zero-order valence-corrected chi connectivity index (χ0v) is 12.0. The summed E-state index contributed by atoms with van der Waals surface area (Å²) in [5.41, 5.74) is -0.603. The van der Waals surface area contributed by atoms with Gasteiger partial charge in [-0.1, -0.05) is 11.6 Å². The molecule has 0 atom stereocenters. The zero-order chi connectivity index (χ0) is 15.3. The van der Waals surface area contributed by atoms with Crippen LogP contribution in [0.15, 0.2) is 18.3 Å². The molecule has 2 rings (SSSR count). The fraction of sp³-hybridized carbons (Fsp3) is 0.429. The van der Waals surface area contributed by atoms with Crippen LogP contribution in [0.25, 0.3) is 0 Å². The van der Waals surface area contributed by atoms with Gasteiger partial charge in [0.1, 0.15) is 10.7 Å². The van der Waals surface area contributed by atoms with Crippen LogP contribution in [0.3, 0.4) is 0 Å². The molecule has 0 bridgehead atoms.